The molecule has 190 valence electrons. The number of thioether (sulfide) groups is 1. The first-order valence-corrected chi connectivity index (χ1v) is 14.0. The lowest BCUT2D eigenvalue weighted by Crippen LogP contribution is -2.51. The Morgan fingerprint density at radius 1 is 0.944 bits per heavy atom. The Morgan fingerprint density at radius 3 is 2.28 bits per heavy atom. The van der Waals surface area contributed by atoms with Gasteiger partial charge in [0.15, 0.2) is 0 Å². The number of carbonyl (C=O) groups is 2. The van der Waals surface area contributed by atoms with Crippen LogP contribution in [0.4, 0.5) is 0 Å². The average molecular weight is 544 g/mol. The second-order valence-corrected chi connectivity index (χ2v) is 10.4. The molecule has 0 fully saturated rings. The molecule has 1 N–H and O–H groups in total. The predicted octanol–water partition coefficient (Wildman–Crippen LogP) is 6.70. The molecule has 0 aliphatic heterocycles. The van der Waals surface area contributed by atoms with Crippen molar-refractivity contribution in [3.63, 3.8) is 0 Å². The van der Waals surface area contributed by atoms with E-state index in [1.54, 1.807) is 23.1 Å². The van der Waals surface area contributed by atoms with Gasteiger partial charge in [-0.1, -0.05) is 90.8 Å². The van der Waals surface area contributed by atoms with Crippen LogP contribution >= 0.6 is 35.0 Å². The zero-order valence-corrected chi connectivity index (χ0v) is 23.0. The minimum Gasteiger partial charge on any atom is -0.354 e. The van der Waals surface area contributed by atoms with E-state index in [1.807, 2.05) is 68.4 Å². The van der Waals surface area contributed by atoms with Crippen molar-refractivity contribution < 1.29 is 9.59 Å². The van der Waals surface area contributed by atoms with Gasteiger partial charge in [-0.15, -0.1) is 11.8 Å². The Bertz CT molecular complexity index is 1140. The molecule has 0 aliphatic carbocycles. The molecule has 7 heteroatoms. The van der Waals surface area contributed by atoms with Gasteiger partial charge in [-0.25, -0.2) is 0 Å². The number of benzene rings is 3. The predicted molar refractivity (Wildman–Crippen MR) is 152 cm³/mol. The lowest BCUT2D eigenvalue weighted by atomic mass is 10.0. The van der Waals surface area contributed by atoms with Gasteiger partial charge in [0.25, 0.3) is 0 Å². The summed E-state index contributed by atoms with van der Waals surface area (Å²) in [6, 6.07) is 22.6. The quantitative estimate of drug-likeness (QED) is 0.277. The molecule has 1 atom stereocenters. The highest BCUT2D eigenvalue weighted by Gasteiger charge is 2.30. The molecule has 36 heavy (non-hydrogen) atoms. The minimum absolute atomic E-state index is 0.0981. The third-order valence-electron chi connectivity index (χ3n) is 5.96. The first-order chi connectivity index (χ1) is 17.4. The molecule has 0 aliphatic rings. The van der Waals surface area contributed by atoms with Gasteiger partial charge in [-0.2, -0.15) is 0 Å². The number of nitrogens with zero attached hydrogens (tertiary/aromatic N) is 1. The molecule has 2 amide bonds. The van der Waals surface area contributed by atoms with Gasteiger partial charge in [0.1, 0.15) is 6.04 Å². The SMILES string of the molecule is CCCNC(=O)[C@@H](Cc1ccccc1)N(Cc1ccccc1C)C(=O)CSCc1c(Cl)cccc1Cl. The molecule has 0 aromatic heterocycles. The maximum Gasteiger partial charge on any atom is 0.243 e. The van der Waals surface area contributed by atoms with Crippen LogP contribution in [0.25, 0.3) is 0 Å². The van der Waals surface area contributed by atoms with Crippen molar-refractivity contribution in [2.45, 2.75) is 45.0 Å². The molecule has 0 saturated heterocycles. The van der Waals surface area contributed by atoms with Gasteiger partial charge in [0.2, 0.25) is 11.8 Å². The molecule has 0 bridgehead atoms. The Labute approximate surface area is 228 Å². The van der Waals surface area contributed by atoms with E-state index in [0.717, 1.165) is 28.7 Å². The summed E-state index contributed by atoms with van der Waals surface area (Å²) in [6.45, 7) is 4.96. The first kappa shape index (κ1) is 28.1. The Hall–Kier alpha value is -2.47. The third kappa shape index (κ3) is 8.02. The summed E-state index contributed by atoms with van der Waals surface area (Å²) in [4.78, 5) is 28.8. The van der Waals surface area contributed by atoms with E-state index < -0.39 is 6.04 Å². The van der Waals surface area contributed by atoms with E-state index in [9.17, 15) is 9.59 Å². The van der Waals surface area contributed by atoms with Crippen molar-refractivity contribution in [2.24, 2.45) is 0 Å². The summed E-state index contributed by atoms with van der Waals surface area (Å²) >= 11 is 14.1. The van der Waals surface area contributed by atoms with Crippen molar-refractivity contribution in [3.8, 4) is 0 Å². The zero-order valence-electron chi connectivity index (χ0n) is 20.7. The highest BCUT2D eigenvalue weighted by atomic mass is 35.5. The Balaban J connectivity index is 1.86. The fourth-order valence-electron chi connectivity index (χ4n) is 3.88. The number of carbonyl (C=O) groups excluding carboxylic acids is 2. The molecular formula is C29H32Cl2N2O2S. The summed E-state index contributed by atoms with van der Waals surface area (Å²) in [5, 5.41) is 4.18. The smallest absolute Gasteiger partial charge is 0.243 e. The molecule has 0 spiro atoms. The third-order valence-corrected chi connectivity index (χ3v) is 7.61. The largest absolute Gasteiger partial charge is 0.354 e. The van der Waals surface area contributed by atoms with Crippen LogP contribution in [-0.4, -0.2) is 35.1 Å². The van der Waals surface area contributed by atoms with E-state index in [2.05, 4.69) is 5.32 Å². The van der Waals surface area contributed by atoms with Crippen molar-refractivity contribution >= 4 is 46.8 Å². The topological polar surface area (TPSA) is 49.4 Å². The van der Waals surface area contributed by atoms with Crippen LogP contribution in [0.5, 0.6) is 0 Å². The summed E-state index contributed by atoms with van der Waals surface area (Å²) in [5.74, 6) is 0.481. The van der Waals surface area contributed by atoms with Crippen LogP contribution in [-0.2, 0) is 28.3 Å². The second kappa shape index (κ2) is 14.3. The molecule has 4 nitrogen and oxygen atoms in total. The highest BCUT2D eigenvalue weighted by Crippen LogP contribution is 2.28. The van der Waals surface area contributed by atoms with E-state index in [0.29, 0.717) is 35.3 Å². The van der Waals surface area contributed by atoms with Crippen molar-refractivity contribution in [2.75, 3.05) is 12.3 Å². The van der Waals surface area contributed by atoms with E-state index in [4.69, 9.17) is 23.2 Å². The normalized spacial score (nSPS) is 11.7. The van der Waals surface area contributed by atoms with Crippen LogP contribution in [0.3, 0.4) is 0 Å². The van der Waals surface area contributed by atoms with Crippen molar-refractivity contribution in [1.29, 1.82) is 0 Å². The van der Waals surface area contributed by atoms with Gasteiger partial charge < -0.3 is 10.2 Å². The van der Waals surface area contributed by atoms with Gasteiger partial charge in [0.05, 0.1) is 5.75 Å². The van der Waals surface area contributed by atoms with E-state index in [-0.39, 0.29) is 17.6 Å². The minimum atomic E-state index is -0.629. The van der Waals surface area contributed by atoms with E-state index in [1.165, 1.54) is 11.8 Å². The summed E-state index contributed by atoms with van der Waals surface area (Å²) < 4.78 is 0. The maximum absolute atomic E-state index is 13.7. The average Bonchev–Trinajstić information content (AvgIpc) is 2.88. The molecule has 3 aromatic rings. The molecule has 0 unspecified atom stereocenters. The summed E-state index contributed by atoms with van der Waals surface area (Å²) in [7, 11) is 0. The lowest BCUT2D eigenvalue weighted by molar-refractivity contribution is -0.139. The van der Waals surface area contributed by atoms with Crippen LogP contribution in [0.2, 0.25) is 10.0 Å². The fourth-order valence-corrected chi connectivity index (χ4v) is 5.53. The molecule has 3 aromatic carbocycles. The van der Waals surface area contributed by atoms with Gasteiger partial charge in [-0.3, -0.25) is 9.59 Å². The van der Waals surface area contributed by atoms with Crippen LogP contribution in [0.1, 0.15) is 35.6 Å². The maximum atomic E-state index is 13.7. The Kier molecular flexibility index (Phi) is 11.2. The van der Waals surface area contributed by atoms with Crippen LogP contribution < -0.4 is 5.32 Å². The summed E-state index contributed by atoms with van der Waals surface area (Å²) in [6.07, 6.45) is 1.26. The van der Waals surface area contributed by atoms with Crippen molar-refractivity contribution in [1.82, 2.24) is 10.2 Å². The highest BCUT2D eigenvalue weighted by molar-refractivity contribution is 7.99. The van der Waals surface area contributed by atoms with Gasteiger partial charge >= 0.3 is 0 Å². The van der Waals surface area contributed by atoms with Crippen molar-refractivity contribution in [3.05, 3.63) is 105 Å². The second-order valence-electron chi connectivity index (χ2n) is 8.64. The molecule has 0 heterocycles. The monoisotopic (exact) mass is 542 g/mol. The molecule has 0 radical (unpaired) electrons. The van der Waals surface area contributed by atoms with Gasteiger partial charge in [0, 0.05) is 35.3 Å². The standard InChI is InChI=1S/C29H32Cl2N2O2S/c1-3-16-32-29(35)27(17-22-11-5-4-6-12-22)33(18-23-13-8-7-10-21(23)2)28(34)20-36-19-24-25(30)14-9-15-26(24)31/h4-15,27H,3,16-20H2,1-2H3,(H,32,35)/t27-/m1/s1. The van der Waals surface area contributed by atoms with Crippen LogP contribution in [0.15, 0.2) is 72.8 Å². The fraction of sp³-hybridized carbons (Fsp3) is 0.310. The number of aryl methyl sites for hydroxylation is 1. The Morgan fingerprint density at radius 2 is 1.61 bits per heavy atom. The lowest BCUT2D eigenvalue weighted by Gasteiger charge is -2.32. The number of hydrogen-bond donors (Lipinski definition) is 1. The van der Waals surface area contributed by atoms with E-state index >= 15 is 0 Å². The molecule has 0 saturated carbocycles. The number of hydrogen-bond acceptors (Lipinski definition) is 3. The zero-order chi connectivity index (χ0) is 25.9. The number of halogens is 2. The molecular weight excluding hydrogens is 511 g/mol. The first-order valence-electron chi connectivity index (χ1n) is 12.1. The summed E-state index contributed by atoms with van der Waals surface area (Å²) in [5.41, 5.74) is 3.92. The van der Waals surface area contributed by atoms with Gasteiger partial charge in [-0.05, 0) is 47.7 Å². The van der Waals surface area contributed by atoms with Crippen LogP contribution in [0, 0.1) is 6.92 Å². The molecule has 3 rings (SSSR count). The number of rotatable bonds is 12. The number of amides is 2. The number of nitrogens with one attached hydrogen (secondary N) is 1.